The fourth-order valence-electron chi connectivity index (χ4n) is 3.64. The van der Waals surface area contributed by atoms with Crippen LogP contribution in [-0.2, 0) is 0 Å². The lowest BCUT2D eigenvalue weighted by Crippen LogP contribution is -2.52. The number of carboxylic acid groups (broad SMARTS) is 1. The van der Waals surface area contributed by atoms with Crippen molar-refractivity contribution in [2.75, 3.05) is 12.4 Å². The first kappa shape index (κ1) is 14.3. The van der Waals surface area contributed by atoms with Crippen LogP contribution in [0, 0.1) is 5.82 Å². The largest absolute Gasteiger partial charge is 0.478 e. The lowest BCUT2D eigenvalue weighted by Gasteiger charge is -2.47. The number of nitrogens with zero attached hydrogens (tertiary/aromatic N) is 2. The third-order valence-electron chi connectivity index (χ3n) is 4.80. The summed E-state index contributed by atoms with van der Waals surface area (Å²) in [4.78, 5) is 17.4. The third kappa shape index (κ3) is 2.72. The van der Waals surface area contributed by atoms with E-state index in [4.69, 9.17) is 5.11 Å². The highest BCUT2D eigenvalue weighted by molar-refractivity contribution is 5.88. The molecule has 2 atom stereocenters. The number of piperidine rings is 2. The Morgan fingerprint density at radius 3 is 2.71 bits per heavy atom. The van der Waals surface area contributed by atoms with Crippen molar-refractivity contribution in [3.05, 3.63) is 23.6 Å². The highest BCUT2D eigenvalue weighted by Crippen LogP contribution is 2.34. The van der Waals surface area contributed by atoms with Crippen LogP contribution in [0.15, 0.2) is 12.3 Å². The van der Waals surface area contributed by atoms with Gasteiger partial charge in [-0.1, -0.05) is 6.42 Å². The van der Waals surface area contributed by atoms with Crippen molar-refractivity contribution in [1.82, 2.24) is 9.88 Å². The molecule has 0 amide bonds. The van der Waals surface area contributed by atoms with Gasteiger partial charge in [-0.15, -0.1) is 0 Å². The second-order valence-electron chi connectivity index (χ2n) is 6.04. The average Bonchev–Trinajstić information content (AvgIpc) is 2.42. The van der Waals surface area contributed by atoms with E-state index >= 15 is 0 Å². The molecule has 1 aromatic rings. The van der Waals surface area contributed by atoms with Crippen molar-refractivity contribution in [2.24, 2.45) is 0 Å². The molecule has 21 heavy (non-hydrogen) atoms. The molecule has 3 rings (SSSR count). The number of fused-ring (bicyclic) bond motifs is 2. The Morgan fingerprint density at radius 2 is 2.10 bits per heavy atom. The quantitative estimate of drug-likeness (QED) is 0.895. The Bertz CT molecular complexity index is 538. The number of rotatable bonds is 3. The monoisotopic (exact) mass is 293 g/mol. The van der Waals surface area contributed by atoms with Crippen molar-refractivity contribution >= 4 is 11.8 Å². The van der Waals surface area contributed by atoms with E-state index in [0.717, 1.165) is 12.8 Å². The topological polar surface area (TPSA) is 65.5 Å². The average molecular weight is 293 g/mol. The van der Waals surface area contributed by atoms with E-state index in [0.29, 0.717) is 12.1 Å². The molecule has 0 aliphatic carbocycles. The molecular formula is C15H20FN3O2. The fraction of sp³-hybridized carbons (Fsp3) is 0.600. The summed E-state index contributed by atoms with van der Waals surface area (Å²) in [5, 5.41) is 12.1. The molecule has 2 fully saturated rings. The van der Waals surface area contributed by atoms with Gasteiger partial charge in [0, 0.05) is 24.3 Å². The maximum Gasteiger partial charge on any atom is 0.338 e. The summed E-state index contributed by atoms with van der Waals surface area (Å²) >= 11 is 0. The van der Waals surface area contributed by atoms with Crippen LogP contribution >= 0.6 is 0 Å². The van der Waals surface area contributed by atoms with Gasteiger partial charge in [-0.3, -0.25) is 0 Å². The Morgan fingerprint density at radius 1 is 1.43 bits per heavy atom. The van der Waals surface area contributed by atoms with Crippen LogP contribution in [0.2, 0.25) is 0 Å². The fourth-order valence-corrected chi connectivity index (χ4v) is 3.64. The molecule has 0 aromatic carbocycles. The molecule has 0 radical (unpaired) electrons. The van der Waals surface area contributed by atoms with Crippen molar-refractivity contribution in [2.45, 2.75) is 50.2 Å². The zero-order chi connectivity index (χ0) is 15.0. The standard InChI is InChI=1S/C15H20FN3O2/c1-19-10-3-2-4-11(19)8-9(7-10)18-14-13(16)12(15(20)21)5-6-17-14/h5-6,9-11H,2-4,7-8H2,1H3,(H,17,18)(H,20,21). The molecule has 5 nitrogen and oxygen atoms in total. The minimum atomic E-state index is -1.27. The summed E-state index contributed by atoms with van der Waals surface area (Å²) in [5.41, 5.74) is -0.333. The molecular weight excluding hydrogens is 273 g/mol. The third-order valence-corrected chi connectivity index (χ3v) is 4.80. The molecule has 0 spiro atoms. The van der Waals surface area contributed by atoms with Gasteiger partial charge in [0.15, 0.2) is 11.6 Å². The molecule has 2 aliphatic rings. The van der Waals surface area contributed by atoms with E-state index in [9.17, 15) is 9.18 Å². The van der Waals surface area contributed by atoms with Crippen LogP contribution < -0.4 is 5.32 Å². The molecule has 114 valence electrons. The van der Waals surface area contributed by atoms with E-state index in [1.54, 1.807) is 0 Å². The number of carboxylic acids is 1. The Labute approximate surface area is 123 Å². The van der Waals surface area contributed by atoms with E-state index in [1.165, 1.54) is 31.5 Å². The van der Waals surface area contributed by atoms with Crippen molar-refractivity contribution in [3.8, 4) is 0 Å². The van der Waals surface area contributed by atoms with Gasteiger partial charge in [0.1, 0.15) is 5.56 Å². The minimum absolute atomic E-state index is 0.0579. The lowest BCUT2D eigenvalue weighted by atomic mass is 9.82. The van der Waals surface area contributed by atoms with Gasteiger partial charge in [0.05, 0.1) is 0 Å². The SMILES string of the molecule is CN1C2CCCC1CC(Nc1nccc(C(=O)O)c1F)C2. The number of pyridine rings is 1. The summed E-state index contributed by atoms with van der Waals surface area (Å²) in [6, 6.07) is 2.40. The summed E-state index contributed by atoms with van der Waals surface area (Å²) in [5.74, 6) is -1.98. The van der Waals surface area contributed by atoms with E-state index in [1.807, 2.05) is 0 Å². The first-order chi connectivity index (χ1) is 10.1. The highest BCUT2D eigenvalue weighted by atomic mass is 19.1. The Hall–Kier alpha value is -1.69. The molecule has 6 heteroatoms. The number of halogens is 1. The maximum absolute atomic E-state index is 14.1. The molecule has 2 unspecified atom stereocenters. The predicted molar refractivity (Wildman–Crippen MR) is 77.0 cm³/mol. The van der Waals surface area contributed by atoms with Gasteiger partial charge >= 0.3 is 5.97 Å². The van der Waals surface area contributed by atoms with Crippen molar-refractivity contribution in [3.63, 3.8) is 0 Å². The molecule has 1 aromatic heterocycles. The number of anilines is 1. The molecule has 0 saturated carbocycles. The van der Waals surface area contributed by atoms with Crippen LogP contribution in [0.25, 0.3) is 0 Å². The number of hydrogen-bond acceptors (Lipinski definition) is 4. The first-order valence-corrected chi connectivity index (χ1v) is 7.42. The molecule has 3 heterocycles. The lowest BCUT2D eigenvalue weighted by molar-refractivity contribution is 0.0606. The first-order valence-electron chi connectivity index (χ1n) is 7.42. The molecule has 2 aliphatic heterocycles. The van der Waals surface area contributed by atoms with Crippen LogP contribution in [0.5, 0.6) is 0 Å². The van der Waals surface area contributed by atoms with Gasteiger partial charge in [0.2, 0.25) is 0 Å². The zero-order valence-corrected chi connectivity index (χ0v) is 12.1. The molecule has 2 N–H and O–H groups in total. The normalized spacial score (nSPS) is 29.1. The van der Waals surface area contributed by atoms with Crippen LogP contribution in [-0.4, -0.2) is 46.1 Å². The number of carbonyl (C=O) groups is 1. The number of aromatic carboxylic acids is 1. The number of nitrogens with one attached hydrogen (secondary N) is 1. The molecule has 2 bridgehead atoms. The maximum atomic E-state index is 14.1. The van der Waals surface area contributed by atoms with Crippen molar-refractivity contribution in [1.29, 1.82) is 0 Å². The smallest absolute Gasteiger partial charge is 0.338 e. The van der Waals surface area contributed by atoms with Gasteiger partial charge < -0.3 is 15.3 Å². The molecule has 2 saturated heterocycles. The van der Waals surface area contributed by atoms with E-state index < -0.39 is 11.8 Å². The number of hydrogen-bond donors (Lipinski definition) is 2. The second-order valence-corrected chi connectivity index (χ2v) is 6.04. The predicted octanol–water partition coefficient (Wildman–Crippen LogP) is 2.35. The summed E-state index contributed by atoms with van der Waals surface area (Å²) in [6.07, 6.45) is 6.85. The number of aromatic nitrogens is 1. The summed E-state index contributed by atoms with van der Waals surface area (Å²) in [7, 11) is 2.16. The van der Waals surface area contributed by atoms with E-state index in [-0.39, 0.29) is 17.4 Å². The Kier molecular flexibility index (Phi) is 3.80. The van der Waals surface area contributed by atoms with Crippen molar-refractivity contribution < 1.29 is 14.3 Å². The summed E-state index contributed by atoms with van der Waals surface area (Å²) in [6.45, 7) is 0. The van der Waals surface area contributed by atoms with Crippen LogP contribution in [0.4, 0.5) is 10.2 Å². The van der Waals surface area contributed by atoms with Gasteiger partial charge in [-0.25, -0.2) is 14.2 Å². The highest BCUT2D eigenvalue weighted by Gasteiger charge is 2.36. The Balaban J connectivity index is 1.76. The minimum Gasteiger partial charge on any atom is -0.478 e. The van der Waals surface area contributed by atoms with Crippen LogP contribution in [0.3, 0.4) is 0 Å². The van der Waals surface area contributed by atoms with Crippen LogP contribution in [0.1, 0.15) is 42.5 Å². The zero-order valence-electron chi connectivity index (χ0n) is 12.1. The van der Waals surface area contributed by atoms with Gasteiger partial charge in [-0.2, -0.15) is 0 Å². The van der Waals surface area contributed by atoms with Gasteiger partial charge in [-0.05, 0) is 38.8 Å². The summed E-state index contributed by atoms with van der Waals surface area (Å²) < 4.78 is 14.1. The van der Waals surface area contributed by atoms with E-state index in [2.05, 4.69) is 22.2 Å². The second kappa shape index (κ2) is 5.60. The van der Waals surface area contributed by atoms with Gasteiger partial charge in [0.25, 0.3) is 0 Å².